The molecule has 2 aromatic rings. The molecule has 0 aliphatic carbocycles. The summed E-state index contributed by atoms with van der Waals surface area (Å²) in [7, 11) is 0. The Balaban J connectivity index is 1.41. The average Bonchev–Trinajstić information content (AvgIpc) is 2.91. The van der Waals surface area contributed by atoms with Gasteiger partial charge in [0.1, 0.15) is 22.8 Å². The molecule has 7 rings (SSSR count). The maximum Gasteiger partial charge on any atom is 0.251 e. The predicted molar refractivity (Wildman–Crippen MR) is 151 cm³/mol. The Kier molecular flexibility index (Phi) is 6.63. The monoisotopic (exact) mass is 546 g/mol. The van der Waals surface area contributed by atoms with Crippen molar-refractivity contribution in [3.8, 4) is 17.2 Å². The summed E-state index contributed by atoms with van der Waals surface area (Å²) in [5, 5.41) is 3.24. The van der Waals surface area contributed by atoms with Crippen molar-refractivity contribution >= 4 is 17.8 Å². The SMILES string of the molecule is CCC12CCCCOc3ccc4c(c3)C(CC(C)(C)O4)NC(=O)c3ccc4c(c3)C(CCO4)N(C(=O)C1)C(N)=N2. The number of nitrogens with zero attached hydrogens (tertiary/aromatic N) is 2. The number of hydrogen-bond donors (Lipinski definition) is 2. The Hall–Kier alpha value is -3.75. The van der Waals surface area contributed by atoms with Crippen molar-refractivity contribution in [2.75, 3.05) is 13.2 Å². The van der Waals surface area contributed by atoms with Crippen molar-refractivity contribution in [2.45, 2.75) is 88.9 Å². The zero-order valence-corrected chi connectivity index (χ0v) is 23.5. The molecule has 5 aliphatic heterocycles. The zero-order valence-electron chi connectivity index (χ0n) is 23.5. The number of hydrogen-bond acceptors (Lipinski definition) is 7. The van der Waals surface area contributed by atoms with Crippen LogP contribution in [0.3, 0.4) is 0 Å². The third-order valence-electron chi connectivity index (χ3n) is 8.65. The number of aliphatic imine (C=N–C) groups is 1. The van der Waals surface area contributed by atoms with Gasteiger partial charge in [-0.05, 0) is 75.9 Å². The van der Waals surface area contributed by atoms with Crippen LogP contribution in [0.1, 0.15) is 99.3 Å². The number of amides is 2. The first kappa shape index (κ1) is 26.5. The molecule has 6 bridgehead atoms. The fourth-order valence-electron chi connectivity index (χ4n) is 6.51. The summed E-state index contributed by atoms with van der Waals surface area (Å²) < 4.78 is 18.3. The second kappa shape index (κ2) is 10.0. The molecular formula is C31H38N4O5. The third kappa shape index (κ3) is 4.86. The summed E-state index contributed by atoms with van der Waals surface area (Å²) in [6, 6.07) is 10.6. The average molecular weight is 547 g/mol. The van der Waals surface area contributed by atoms with E-state index in [1.165, 1.54) is 0 Å². The fraction of sp³-hybridized carbons (Fsp3) is 0.516. The van der Waals surface area contributed by atoms with Gasteiger partial charge < -0.3 is 25.3 Å². The molecule has 212 valence electrons. The Morgan fingerprint density at radius 2 is 1.88 bits per heavy atom. The van der Waals surface area contributed by atoms with Crippen molar-refractivity contribution in [1.29, 1.82) is 0 Å². The molecule has 0 fully saturated rings. The molecule has 3 unspecified atom stereocenters. The van der Waals surface area contributed by atoms with Gasteiger partial charge in [-0.3, -0.25) is 14.5 Å². The van der Waals surface area contributed by atoms with Gasteiger partial charge in [0.25, 0.3) is 5.91 Å². The standard InChI is InChI=1S/C31H38N4O5/c1-4-31-12-5-6-13-38-20-8-10-26-21(16-20)23(17-30(2,3)40-26)33-28(37)19-7-9-25-22(15-19)24(11-14-39-25)35(27(36)18-31)29(32)34-31/h7-10,15-16,23-24H,4-6,11-14,17-18H2,1-3H3,(H2,32,34)(H,33,37). The second-order valence-electron chi connectivity index (χ2n) is 12.0. The number of rotatable bonds is 1. The normalized spacial score (nSPS) is 27.6. The predicted octanol–water partition coefficient (Wildman–Crippen LogP) is 4.80. The fourth-order valence-corrected chi connectivity index (χ4v) is 6.51. The van der Waals surface area contributed by atoms with Crippen LogP contribution in [0, 0.1) is 0 Å². The molecule has 2 aromatic carbocycles. The number of carbonyl (C=O) groups is 2. The maximum absolute atomic E-state index is 13.7. The van der Waals surface area contributed by atoms with Gasteiger partial charge >= 0.3 is 0 Å². The minimum absolute atomic E-state index is 0.0378. The largest absolute Gasteiger partial charge is 0.494 e. The zero-order chi connectivity index (χ0) is 28.1. The highest BCUT2D eigenvalue weighted by molar-refractivity contribution is 6.00. The van der Waals surface area contributed by atoms with Crippen LogP contribution in [-0.4, -0.2) is 47.0 Å². The van der Waals surface area contributed by atoms with Crippen molar-refractivity contribution in [2.24, 2.45) is 10.7 Å². The topological polar surface area (TPSA) is 115 Å². The Bertz CT molecular complexity index is 1370. The molecule has 0 spiro atoms. The minimum Gasteiger partial charge on any atom is -0.494 e. The van der Waals surface area contributed by atoms with E-state index in [1.807, 2.05) is 44.2 Å². The summed E-state index contributed by atoms with van der Waals surface area (Å²) in [6.45, 7) is 7.11. The molecule has 3 atom stereocenters. The number of benzene rings is 2. The van der Waals surface area contributed by atoms with Gasteiger partial charge in [-0.1, -0.05) is 6.92 Å². The highest BCUT2D eigenvalue weighted by atomic mass is 16.5. The lowest BCUT2D eigenvalue weighted by Gasteiger charge is -2.42. The molecule has 9 heteroatoms. The number of nitrogens with one attached hydrogen (secondary N) is 1. The molecule has 9 nitrogen and oxygen atoms in total. The summed E-state index contributed by atoms with van der Waals surface area (Å²) in [4.78, 5) is 33.9. The van der Waals surface area contributed by atoms with Gasteiger partial charge in [0.2, 0.25) is 5.91 Å². The summed E-state index contributed by atoms with van der Waals surface area (Å²) in [6.07, 6.45) is 4.66. The van der Waals surface area contributed by atoms with Gasteiger partial charge in [-0.15, -0.1) is 0 Å². The summed E-state index contributed by atoms with van der Waals surface area (Å²) in [5.41, 5.74) is 7.74. The first-order valence-corrected chi connectivity index (χ1v) is 14.4. The van der Waals surface area contributed by atoms with Crippen LogP contribution in [0.5, 0.6) is 17.2 Å². The van der Waals surface area contributed by atoms with E-state index in [4.69, 9.17) is 24.9 Å². The Morgan fingerprint density at radius 1 is 1.05 bits per heavy atom. The molecule has 0 saturated carbocycles. The van der Waals surface area contributed by atoms with E-state index in [9.17, 15) is 9.59 Å². The number of carbonyl (C=O) groups excluding carboxylic acids is 2. The van der Waals surface area contributed by atoms with Crippen molar-refractivity contribution in [1.82, 2.24) is 10.2 Å². The Morgan fingerprint density at radius 3 is 2.67 bits per heavy atom. The molecule has 0 aromatic heterocycles. The molecular weight excluding hydrogens is 508 g/mol. The van der Waals surface area contributed by atoms with Crippen LogP contribution in [0.15, 0.2) is 41.4 Å². The second-order valence-corrected chi connectivity index (χ2v) is 12.0. The van der Waals surface area contributed by atoms with E-state index < -0.39 is 11.1 Å². The lowest BCUT2D eigenvalue weighted by Crippen LogP contribution is -2.53. The molecule has 0 radical (unpaired) electrons. The number of nitrogens with two attached hydrogens (primary N) is 1. The van der Waals surface area contributed by atoms with Crippen LogP contribution in [0.25, 0.3) is 0 Å². The molecule has 3 N–H and O–H groups in total. The molecule has 0 saturated heterocycles. The van der Waals surface area contributed by atoms with Gasteiger partial charge in [-0.25, -0.2) is 4.99 Å². The van der Waals surface area contributed by atoms with Gasteiger partial charge in [-0.2, -0.15) is 0 Å². The molecule has 40 heavy (non-hydrogen) atoms. The van der Waals surface area contributed by atoms with Gasteiger partial charge in [0, 0.05) is 29.5 Å². The smallest absolute Gasteiger partial charge is 0.251 e. The van der Waals surface area contributed by atoms with E-state index in [0.29, 0.717) is 43.8 Å². The summed E-state index contributed by atoms with van der Waals surface area (Å²) >= 11 is 0. The lowest BCUT2D eigenvalue weighted by molar-refractivity contribution is -0.132. The quantitative estimate of drug-likeness (QED) is 0.531. The van der Waals surface area contributed by atoms with E-state index in [2.05, 4.69) is 12.2 Å². The van der Waals surface area contributed by atoms with Crippen LogP contribution in [-0.2, 0) is 4.79 Å². The maximum atomic E-state index is 13.7. The Labute approximate surface area is 235 Å². The van der Waals surface area contributed by atoms with Crippen LogP contribution in [0.2, 0.25) is 0 Å². The molecule has 5 heterocycles. The number of fused-ring (bicyclic) bond motifs is 6. The van der Waals surface area contributed by atoms with E-state index >= 15 is 0 Å². The van der Waals surface area contributed by atoms with Crippen LogP contribution < -0.4 is 25.3 Å². The van der Waals surface area contributed by atoms with Gasteiger partial charge in [0.05, 0.1) is 37.3 Å². The van der Waals surface area contributed by atoms with Crippen LogP contribution >= 0.6 is 0 Å². The van der Waals surface area contributed by atoms with Crippen molar-refractivity contribution in [3.05, 3.63) is 53.1 Å². The van der Waals surface area contributed by atoms with Gasteiger partial charge in [0.15, 0.2) is 5.96 Å². The highest BCUT2D eigenvalue weighted by Gasteiger charge is 2.42. The minimum atomic E-state index is -0.514. The third-order valence-corrected chi connectivity index (χ3v) is 8.65. The first-order valence-electron chi connectivity index (χ1n) is 14.4. The first-order chi connectivity index (χ1) is 19.2. The van der Waals surface area contributed by atoms with Crippen LogP contribution in [0.4, 0.5) is 0 Å². The van der Waals surface area contributed by atoms with E-state index in [1.54, 1.807) is 11.0 Å². The van der Waals surface area contributed by atoms with E-state index in [0.717, 1.165) is 48.3 Å². The molecule has 5 aliphatic rings. The molecule has 2 amide bonds. The number of guanidine groups is 1. The lowest BCUT2D eigenvalue weighted by atomic mass is 9.84. The van der Waals surface area contributed by atoms with Crippen molar-refractivity contribution < 1.29 is 23.8 Å². The van der Waals surface area contributed by atoms with E-state index in [-0.39, 0.29) is 29.9 Å². The van der Waals surface area contributed by atoms with Crippen molar-refractivity contribution in [3.63, 3.8) is 0 Å². The number of ether oxygens (including phenoxy) is 3. The summed E-state index contributed by atoms with van der Waals surface area (Å²) in [5.74, 6) is 2.15. The highest BCUT2D eigenvalue weighted by Crippen LogP contribution is 2.43.